The van der Waals surface area contributed by atoms with Gasteiger partial charge < -0.3 is 15.3 Å². The fourth-order valence-corrected chi connectivity index (χ4v) is 3.50. The zero-order valence-corrected chi connectivity index (χ0v) is 16.2. The van der Waals surface area contributed by atoms with Crippen molar-refractivity contribution in [3.8, 4) is 22.6 Å². The Labute approximate surface area is 176 Å². The van der Waals surface area contributed by atoms with Gasteiger partial charge in [0.25, 0.3) is 11.3 Å². The summed E-state index contributed by atoms with van der Waals surface area (Å²) < 4.78 is 62.9. The quantitative estimate of drug-likeness (QED) is 0.414. The highest BCUT2D eigenvalue weighted by Crippen LogP contribution is 2.40. The maximum atomic E-state index is 13.5. The van der Waals surface area contributed by atoms with Crippen LogP contribution in [0.25, 0.3) is 11.1 Å². The lowest BCUT2D eigenvalue weighted by molar-refractivity contribution is -0.137. The van der Waals surface area contributed by atoms with Crippen molar-refractivity contribution < 1.29 is 42.0 Å². The highest BCUT2D eigenvalue weighted by atomic mass is 32.2. The third-order valence-electron chi connectivity index (χ3n) is 4.30. The van der Waals surface area contributed by atoms with Gasteiger partial charge in [-0.1, -0.05) is 18.2 Å². The maximum Gasteiger partial charge on any atom is 0.416 e. The number of carbonyl (C=O) groups is 1. The lowest BCUT2D eigenvalue weighted by atomic mass is 10.0. The molecule has 4 N–H and O–H groups in total. The molecule has 1 unspecified atom stereocenters. The first-order chi connectivity index (χ1) is 14.5. The second-order valence-electron chi connectivity index (χ2n) is 6.32. The number of hydrogen-bond donors (Lipinski definition) is 4. The third-order valence-corrected chi connectivity index (χ3v) is 5.03. The first-order valence-electron chi connectivity index (χ1n) is 8.47. The number of phenolic OH excluding ortho intramolecular Hbond substituents is 1. The lowest BCUT2D eigenvalue weighted by Crippen LogP contribution is -2.20. The van der Waals surface area contributed by atoms with E-state index in [2.05, 4.69) is 0 Å². The number of anilines is 2. The standard InChI is InChI=1S/C20H14F3NO6S/c21-20(22,23)12-7-11(15-3-1-2-4-17(15)25)8-14(9-12)24(31(29)30)13-5-6-16(19(27)28)18(26)10-13/h1-10,25-26H,(H,27,28)(H,29,30). The molecule has 3 rings (SSSR count). The van der Waals surface area contributed by atoms with Crippen molar-refractivity contribution in [3.05, 3.63) is 71.8 Å². The highest BCUT2D eigenvalue weighted by Gasteiger charge is 2.33. The van der Waals surface area contributed by atoms with E-state index in [0.29, 0.717) is 10.4 Å². The first-order valence-corrected chi connectivity index (χ1v) is 9.53. The summed E-state index contributed by atoms with van der Waals surface area (Å²) in [5, 5.41) is 28.9. The number of benzene rings is 3. The van der Waals surface area contributed by atoms with Gasteiger partial charge >= 0.3 is 12.1 Å². The van der Waals surface area contributed by atoms with E-state index in [1.165, 1.54) is 24.3 Å². The number of para-hydroxylation sites is 1. The van der Waals surface area contributed by atoms with Gasteiger partial charge in [-0.2, -0.15) is 13.2 Å². The van der Waals surface area contributed by atoms with Crippen molar-refractivity contribution in [1.29, 1.82) is 0 Å². The molecule has 0 heterocycles. The van der Waals surface area contributed by atoms with Gasteiger partial charge in [-0.05, 0) is 42.0 Å². The molecule has 3 aromatic rings. The highest BCUT2D eigenvalue weighted by molar-refractivity contribution is 7.81. The van der Waals surface area contributed by atoms with E-state index in [9.17, 15) is 36.9 Å². The van der Waals surface area contributed by atoms with E-state index in [-0.39, 0.29) is 28.3 Å². The van der Waals surface area contributed by atoms with Crippen molar-refractivity contribution in [3.63, 3.8) is 0 Å². The number of aromatic carboxylic acids is 1. The van der Waals surface area contributed by atoms with Crippen molar-refractivity contribution in [1.82, 2.24) is 0 Å². The fourth-order valence-electron chi connectivity index (χ4n) is 2.92. The molecule has 0 aromatic heterocycles. The fraction of sp³-hybridized carbons (Fsp3) is 0.0500. The second-order valence-corrected chi connectivity index (χ2v) is 7.14. The van der Waals surface area contributed by atoms with E-state index in [0.717, 1.165) is 30.3 Å². The number of halogens is 3. The number of alkyl halides is 3. The molecule has 0 spiro atoms. The zero-order valence-electron chi connectivity index (χ0n) is 15.4. The Morgan fingerprint density at radius 1 is 0.903 bits per heavy atom. The van der Waals surface area contributed by atoms with Gasteiger partial charge in [-0.15, -0.1) is 0 Å². The van der Waals surface area contributed by atoms with Crippen LogP contribution in [-0.4, -0.2) is 30.1 Å². The minimum atomic E-state index is -4.81. The molecular weight excluding hydrogens is 439 g/mol. The molecule has 0 aliphatic carbocycles. The Hall–Kier alpha value is -3.57. The molecule has 0 radical (unpaired) electrons. The predicted molar refractivity (Wildman–Crippen MR) is 107 cm³/mol. The minimum Gasteiger partial charge on any atom is -0.507 e. The smallest absolute Gasteiger partial charge is 0.416 e. The number of aromatic hydroxyl groups is 2. The molecule has 0 saturated heterocycles. The Bertz CT molecular complexity index is 1180. The van der Waals surface area contributed by atoms with Crippen molar-refractivity contribution in [2.24, 2.45) is 0 Å². The van der Waals surface area contributed by atoms with Crippen LogP contribution in [0.5, 0.6) is 11.5 Å². The second kappa shape index (κ2) is 8.28. The molecule has 0 fully saturated rings. The predicted octanol–water partition coefficient (Wildman–Crippen LogP) is 4.76. The summed E-state index contributed by atoms with van der Waals surface area (Å²) in [5.41, 5.74) is -2.27. The monoisotopic (exact) mass is 453 g/mol. The van der Waals surface area contributed by atoms with Crippen LogP contribution in [0.4, 0.5) is 24.5 Å². The molecule has 162 valence electrons. The number of nitrogens with zero attached hydrogens (tertiary/aromatic N) is 1. The summed E-state index contributed by atoms with van der Waals surface area (Å²) in [5.74, 6) is -2.50. The number of carboxylic acids is 1. The zero-order chi connectivity index (χ0) is 22.9. The van der Waals surface area contributed by atoms with E-state index in [4.69, 9.17) is 5.11 Å². The molecule has 7 nitrogen and oxygen atoms in total. The van der Waals surface area contributed by atoms with Crippen LogP contribution >= 0.6 is 0 Å². The van der Waals surface area contributed by atoms with Crippen molar-refractivity contribution in [2.45, 2.75) is 6.18 Å². The molecule has 1 atom stereocenters. The molecule has 0 aliphatic heterocycles. The average Bonchev–Trinajstić information content (AvgIpc) is 2.67. The molecule has 31 heavy (non-hydrogen) atoms. The summed E-state index contributed by atoms with van der Waals surface area (Å²) in [7, 11) is 0. The molecule has 0 saturated carbocycles. The Kier molecular flexibility index (Phi) is 5.91. The van der Waals surface area contributed by atoms with Crippen LogP contribution in [0.2, 0.25) is 0 Å². The summed E-state index contributed by atoms with van der Waals surface area (Å²) in [6.45, 7) is 0. The molecule has 0 amide bonds. The number of phenols is 2. The van der Waals surface area contributed by atoms with Gasteiger partial charge in [0.15, 0.2) is 0 Å². The van der Waals surface area contributed by atoms with Crippen LogP contribution in [0, 0.1) is 0 Å². The van der Waals surface area contributed by atoms with Crippen molar-refractivity contribution in [2.75, 3.05) is 4.31 Å². The van der Waals surface area contributed by atoms with Gasteiger partial charge in [-0.25, -0.2) is 13.3 Å². The third kappa shape index (κ3) is 4.62. The van der Waals surface area contributed by atoms with Crippen molar-refractivity contribution >= 4 is 28.6 Å². The number of hydrogen-bond acceptors (Lipinski definition) is 4. The summed E-state index contributed by atoms with van der Waals surface area (Å²) in [6.07, 6.45) is -4.81. The average molecular weight is 453 g/mol. The first kappa shape index (κ1) is 22.1. The largest absolute Gasteiger partial charge is 0.507 e. The molecular formula is C20H14F3NO6S. The number of rotatable bonds is 5. The lowest BCUT2D eigenvalue weighted by Gasteiger charge is -2.23. The summed E-state index contributed by atoms with van der Waals surface area (Å²) in [6, 6.07) is 11.1. The van der Waals surface area contributed by atoms with Crippen LogP contribution in [0.1, 0.15) is 15.9 Å². The normalized spacial score (nSPS) is 12.4. The van der Waals surface area contributed by atoms with E-state index >= 15 is 0 Å². The molecule has 3 aromatic carbocycles. The summed E-state index contributed by atoms with van der Waals surface area (Å²) >= 11 is -2.89. The molecule has 0 aliphatic rings. The SMILES string of the molecule is O=C(O)c1ccc(N(c2cc(-c3ccccc3O)cc(C(F)(F)F)c2)S(=O)O)cc1O. The summed E-state index contributed by atoms with van der Waals surface area (Å²) in [4.78, 5) is 11.1. The van der Waals surface area contributed by atoms with Gasteiger partial charge in [0.1, 0.15) is 17.1 Å². The van der Waals surface area contributed by atoms with Crippen LogP contribution in [-0.2, 0) is 17.4 Å². The Morgan fingerprint density at radius 3 is 2.13 bits per heavy atom. The van der Waals surface area contributed by atoms with Gasteiger partial charge in [0, 0.05) is 11.6 Å². The minimum absolute atomic E-state index is 0.0580. The van der Waals surface area contributed by atoms with Crippen LogP contribution in [0.3, 0.4) is 0 Å². The van der Waals surface area contributed by atoms with E-state index in [1.54, 1.807) is 0 Å². The molecule has 11 heteroatoms. The Morgan fingerprint density at radius 2 is 1.58 bits per heavy atom. The number of carboxylic acid groups (broad SMARTS) is 1. The van der Waals surface area contributed by atoms with Crippen LogP contribution in [0.15, 0.2) is 60.7 Å². The van der Waals surface area contributed by atoms with Crippen LogP contribution < -0.4 is 4.31 Å². The Balaban J connectivity index is 2.24. The van der Waals surface area contributed by atoms with Gasteiger partial charge in [-0.3, -0.25) is 4.55 Å². The van der Waals surface area contributed by atoms with Gasteiger partial charge in [0.05, 0.1) is 16.9 Å². The van der Waals surface area contributed by atoms with Gasteiger partial charge in [0.2, 0.25) is 0 Å². The maximum absolute atomic E-state index is 13.5. The topological polar surface area (TPSA) is 118 Å². The van der Waals surface area contributed by atoms with E-state index in [1.807, 2.05) is 0 Å². The molecule has 0 bridgehead atoms. The van der Waals surface area contributed by atoms with E-state index < -0.39 is 40.3 Å².